The van der Waals surface area contributed by atoms with Crippen molar-refractivity contribution in [2.24, 2.45) is 11.8 Å². The third kappa shape index (κ3) is 4.07. The molecule has 228 valence electrons. The van der Waals surface area contributed by atoms with Gasteiger partial charge in [-0.1, -0.05) is 24.1 Å². The first-order valence-electron chi connectivity index (χ1n) is 15.7. The molecule has 4 aromatic rings. The zero-order valence-corrected chi connectivity index (χ0v) is 24.7. The topological polar surface area (TPSA) is 86.6 Å². The molecule has 5 aliphatic rings. The number of nitrogens with zero attached hydrogens (tertiary/aromatic N) is 5. The molecule has 45 heavy (non-hydrogen) atoms. The monoisotopic (exact) mass is 606 g/mol. The van der Waals surface area contributed by atoms with E-state index in [-0.39, 0.29) is 39.6 Å². The minimum Gasteiger partial charge on any atom is -0.508 e. The quantitative estimate of drug-likeness (QED) is 0.248. The number of benzene rings is 2. The molecule has 4 aliphatic heterocycles. The lowest BCUT2D eigenvalue weighted by Gasteiger charge is -2.35. The van der Waals surface area contributed by atoms with Gasteiger partial charge in [0.1, 0.15) is 35.2 Å². The van der Waals surface area contributed by atoms with Crippen molar-refractivity contribution in [3.05, 3.63) is 59.8 Å². The number of halogens is 2. The molecule has 9 rings (SSSR count). The molecule has 5 fully saturated rings. The highest BCUT2D eigenvalue weighted by Gasteiger charge is 2.64. The number of nitrogens with one attached hydrogen (secondary N) is 1. The maximum Gasteiger partial charge on any atom is 0.319 e. The van der Waals surface area contributed by atoms with Crippen LogP contribution in [0.15, 0.2) is 42.6 Å². The van der Waals surface area contributed by atoms with Crippen LogP contribution in [0.25, 0.3) is 32.9 Å². The zero-order chi connectivity index (χ0) is 30.6. The van der Waals surface area contributed by atoms with Gasteiger partial charge in [0.25, 0.3) is 0 Å². The first kappa shape index (κ1) is 27.0. The van der Waals surface area contributed by atoms with E-state index < -0.39 is 11.6 Å². The highest BCUT2D eigenvalue weighted by molar-refractivity contribution is 6.03. The second kappa shape index (κ2) is 9.59. The van der Waals surface area contributed by atoms with Crippen LogP contribution < -0.4 is 15.0 Å². The number of aromatic hydroxyl groups is 1. The smallest absolute Gasteiger partial charge is 0.319 e. The van der Waals surface area contributed by atoms with Crippen LogP contribution >= 0.6 is 0 Å². The number of pyridine rings is 1. The third-order valence-electron chi connectivity index (χ3n) is 10.7. The number of phenolic OH excluding ortho intramolecular Hbond substituents is 1. The van der Waals surface area contributed by atoms with Gasteiger partial charge in [-0.15, -0.1) is 6.42 Å². The number of hydrogen-bond acceptors (Lipinski definition) is 8. The van der Waals surface area contributed by atoms with Crippen LogP contribution in [0, 0.1) is 35.8 Å². The van der Waals surface area contributed by atoms with Gasteiger partial charge >= 0.3 is 6.01 Å². The molecule has 2 bridgehead atoms. The van der Waals surface area contributed by atoms with Gasteiger partial charge in [-0.25, -0.2) is 8.78 Å². The molecule has 0 spiro atoms. The Morgan fingerprint density at radius 2 is 1.98 bits per heavy atom. The summed E-state index contributed by atoms with van der Waals surface area (Å²) in [5, 5.41) is 15.4. The van der Waals surface area contributed by atoms with Gasteiger partial charge in [-0.3, -0.25) is 9.88 Å². The number of hydrogen-bond donors (Lipinski definition) is 2. The van der Waals surface area contributed by atoms with Gasteiger partial charge in [0.2, 0.25) is 0 Å². The Kier molecular flexibility index (Phi) is 5.76. The molecule has 4 saturated heterocycles. The van der Waals surface area contributed by atoms with Crippen molar-refractivity contribution in [2.45, 2.75) is 43.3 Å². The maximum atomic E-state index is 16.8. The van der Waals surface area contributed by atoms with E-state index in [1.165, 1.54) is 36.3 Å². The van der Waals surface area contributed by atoms with Crippen molar-refractivity contribution in [2.75, 3.05) is 37.7 Å². The summed E-state index contributed by atoms with van der Waals surface area (Å²) in [4.78, 5) is 18.8. The van der Waals surface area contributed by atoms with Crippen LogP contribution in [0.1, 0.15) is 31.2 Å². The van der Waals surface area contributed by atoms with Crippen molar-refractivity contribution in [1.82, 2.24) is 25.2 Å². The molecular weight excluding hydrogens is 574 g/mol. The van der Waals surface area contributed by atoms with E-state index in [4.69, 9.17) is 16.1 Å². The van der Waals surface area contributed by atoms with Crippen molar-refractivity contribution in [3.8, 4) is 35.4 Å². The zero-order valence-electron chi connectivity index (χ0n) is 24.7. The molecule has 0 amide bonds. The Balaban J connectivity index is 1.19. The van der Waals surface area contributed by atoms with Crippen molar-refractivity contribution in [3.63, 3.8) is 0 Å². The summed E-state index contributed by atoms with van der Waals surface area (Å²) in [5.41, 5.74) is 1.22. The maximum absolute atomic E-state index is 16.8. The van der Waals surface area contributed by atoms with Crippen LogP contribution in [-0.2, 0) is 0 Å². The Morgan fingerprint density at radius 1 is 1.16 bits per heavy atom. The van der Waals surface area contributed by atoms with E-state index in [0.717, 1.165) is 45.4 Å². The van der Waals surface area contributed by atoms with Crippen LogP contribution in [0.3, 0.4) is 0 Å². The average Bonchev–Trinajstić information content (AvgIpc) is 3.50. The molecule has 2 aromatic heterocycles. The molecule has 0 radical (unpaired) electrons. The first-order valence-corrected chi connectivity index (χ1v) is 15.7. The van der Waals surface area contributed by atoms with Crippen LogP contribution in [0.2, 0.25) is 0 Å². The molecule has 8 nitrogen and oxygen atoms in total. The molecule has 1 aliphatic carbocycles. The van der Waals surface area contributed by atoms with Gasteiger partial charge in [-0.05, 0) is 61.1 Å². The van der Waals surface area contributed by atoms with Gasteiger partial charge in [0, 0.05) is 55.4 Å². The summed E-state index contributed by atoms with van der Waals surface area (Å²) in [6.45, 7) is 8.08. The largest absolute Gasteiger partial charge is 0.508 e. The molecule has 1 saturated carbocycles. The summed E-state index contributed by atoms with van der Waals surface area (Å²) < 4.78 is 38.1. The van der Waals surface area contributed by atoms with Gasteiger partial charge in [0.05, 0.1) is 16.5 Å². The fourth-order valence-corrected chi connectivity index (χ4v) is 8.71. The lowest BCUT2D eigenvalue weighted by atomic mass is 9.91. The van der Waals surface area contributed by atoms with Crippen LogP contribution in [-0.4, -0.2) is 75.4 Å². The standard InChI is InChI=1S/C35H32F2N6O2/c1-3-24-28(36)7-4-19-8-23(44)10-25(29(19)24)31-30(37)32-26(12-38-31)33(42-15-21-5-6-22(16-42)39-21)41-34(40-32)45-17-35-11-18(2)13-43(35)14-20-9-27(20)35/h1,4,7-8,10,12,20-22,27,39,44H,2,5-6,9,11,13-17H2/t20-,21-,22+,27-,35+/m1/s1. The molecule has 6 heterocycles. The predicted octanol–water partition coefficient (Wildman–Crippen LogP) is 4.78. The van der Waals surface area contributed by atoms with Crippen molar-refractivity contribution < 1.29 is 18.6 Å². The number of anilines is 1. The summed E-state index contributed by atoms with van der Waals surface area (Å²) in [6, 6.07) is 6.35. The molecule has 0 unspecified atom stereocenters. The summed E-state index contributed by atoms with van der Waals surface area (Å²) >= 11 is 0. The summed E-state index contributed by atoms with van der Waals surface area (Å²) in [7, 11) is 0. The molecule has 2 N–H and O–H groups in total. The van der Waals surface area contributed by atoms with Gasteiger partial charge in [-0.2, -0.15) is 9.97 Å². The number of piperidine rings is 1. The second-order valence-electron chi connectivity index (χ2n) is 13.5. The minimum absolute atomic E-state index is 0.0237. The van der Waals surface area contributed by atoms with E-state index in [9.17, 15) is 9.50 Å². The Hall–Kier alpha value is -4.33. The number of aromatic nitrogens is 3. The predicted molar refractivity (Wildman–Crippen MR) is 167 cm³/mol. The fourth-order valence-electron chi connectivity index (χ4n) is 8.71. The Bertz CT molecular complexity index is 1980. The molecular formula is C35H32F2N6O2. The Labute approximate surface area is 259 Å². The first-order chi connectivity index (χ1) is 21.8. The lowest BCUT2D eigenvalue weighted by Crippen LogP contribution is -2.51. The van der Waals surface area contributed by atoms with E-state index >= 15 is 4.39 Å². The van der Waals surface area contributed by atoms with Crippen LogP contribution in [0.4, 0.5) is 14.6 Å². The number of fused-ring (bicyclic) bond motifs is 7. The van der Waals surface area contributed by atoms with Crippen molar-refractivity contribution in [1.29, 1.82) is 0 Å². The molecule has 2 aromatic carbocycles. The minimum atomic E-state index is -0.713. The van der Waals surface area contributed by atoms with Crippen molar-refractivity contribution >= 4 is 27.5 Å². The molecule has 5 atom stereocenters. The number of terminal acetylenes is 1. The highest BCUT2D eigenvalue weighted by atomic mass is 19.1. The summed E-state index contributed by atoms with van der Waals surface area (Å²) in [5.74, 6) is 2.81. The van der Waals surface area contributed by atoms with E-state index in [1.54, 1.807) is 6.20 Å². The van der Waals surface area contributed by atoms with E-state index in [1.807, 2.05) is 0 Å². The fraction of sp³-hybridized carbons (Fsp3) is 0.400. The SMILES string of the molecule is C#Cc1c(F)ccc2cc(O)cc(-c3ncc4c(N5C[C@H]6CC[C@@H](C5)N6)nc(OC[C@]56CC(=C)CN5C[C@H]5C[C@H]56)nc4c3F)c12. The van der Waals surface area contributed by atoms with Gasteiger partial charge < -0.3 is 20.1 Å². The lowest BCUT2D eigenvalue weighted by molar-refractivity contribution is 0.0830. The van der Waals surface area contributed by atoms with E-state index in [2.05, 4.69) is 37.6 Å². The number of ether oxygens (including phenoxy) is 1. The summed E-state index contributed by atoms with van der Waals surface area (Å²) in [6.07, 6.45) is 11.5. The number of phenols is 1. The normalized spacial score (nSPS) is 28.5. The second-order valence-corrected chi connectivity index (χ2v) is 13.5. The van der Waals surface area contributed by atoms with Gasteiger partial charge in [0.15, 0.2) is 5.82 Å². The third-order valence-corrected chi connectivity index (χ3v) is 10.7. The van der Waals surface area contributed by atoms with E-state index in [0.29, 0.717) is 52.5 Å². The highest BCUT2D eigenvalue weighted by Crippen LogP contribution is 2.60. The Morgan fingerprint density at radius 3 is 2.78 bits per heavy atom. The average molecular weight is 607 g/mol. The van der Waals surface area contributed by atoms with Crippen LogP contribution in [0.5, 0.6) is 11.8 Å². The number of piperazine rings is 1. The number of rotatable bonds is 5. The molecule has 10 heteroatoms.